The fourth-order valence-electron chi connectivity index (χ4n) is 2.66. The van der Waals surface area contributed by atoms with Crippen molar-refractivity contribution >= 4 is 11.8 Å². The maximum atomic E-state index is 5.59. The van der Waals surface area contributed by atoms with Gasteiger partial charge in [0.05, 0.1) is 6.26 Å². The van der Waals surface area contributed by atoms with Gasteiger partial charge in [0.15, 0.2) is 0 Å². The highest BCUT2D eigenvalue weighted by Crippen LogP contribution is 2.25. The Labute approximate surface area is 124 Å². The number of aromatic nitrogens is 2. The number of thioether (sulfide) groups is 1. The molecule has 0 amide bonds. The molecule has 3 heterocycles. The predicted molar refractivity (Wildman–Crippen MR) is 81.8 cm³/mol. The number of aryl methyl sites for hydroxylation is 1. The van der Waals surface area contributed by atoms with Gasteiger partial charge in [0.1, 0.15) is 17.6 Å². The van der Waals surface area contributed by atoms with E-state index in [1.54, 1.807) is 6.26 Å². The molecule has 1 aliphatic heterocycles. The molecule has 2 aromatic heterocycles. The molecule has 1 N–H and O–H groups in total. The Morgan fingerprint density at radius 1 is 1.50 bits per heavy atom. The molecule has 3 rings (SSSR count). The van der Waals surface area contributed by atoms with Crippen molar-refractivity contribution in [2.24, 2.45) is 13.0 Å². The van der Waals surface area contributed by atoms with E-state index in [0.29, 0.717) is 0 Å². The number of furan rings is 1. The second-order valence-corrected chi connectivity index (χ2v) is 6.53. The minimum Gasteiger partial charge on any atom is -0.467 e. The molecule has 1 fully saturated rings. The first-order chi connectivity index (χ1) is 9.84. The SMILES string of the molecule is Cn1ccnc1C(NCC1CCSCC1)c1ccco1. The molecule has 2 aromatic rings. The van der Waals surface area contributed by atoms with Crippen LogP contribution in [0, 0.1) is 5.92 Å². The third kappa shape index (κ3) is 3.10. The van der Waals surface area contributed by atoms with Crippen LogP contribution >= 0.6 is 11.8 Å². The molecule has 4 nitrogen and oxygen atoms in total. The van der Waals surface area contributed by atoms with Crippen molar-refractivity contribution in [3.05, 3.63) is 42.4 Å². The molecule has 0 radical (unpaired) electrons. The van der Waals surface area contributed by atoms with Gasteiger partial charge < -0.3 is 14.3 Å². The minimum absolute atomic E-state index is 0.0413. The lowest BCUT2D eigenvalue weighted by molar-refractivity contribution is 0.382. The summed E-state index contributed by atoms with van der Waals surface area (Å²) in [5.41, 5.74) is 0. The molecule has 1 atom stereocenters. The van der Waals surface area contributed by atoms with Crippen molar-refractivity contribution in [2.45, 2.75) is 18.9 Å². The molecule has 0 bridgehead atoms. The maximum Gasteiger partial charge on any atom is 0.133 e. The molecule has 20 heavy (non-hydrogen) atoms. The zero-order chi connectivity index (χ0) is 13.8. The third-order valence-electron chi connectivity index (χ3n) is 3.90. The Bertz CT molecular complexity index is 517. The van der Waals surface area contributed by atoms with Crippen LogP contribution in [0.15, 0.2) is 35.2 Å². The summed E-state index contributed by atoms with van der Waals surface area (Å²) in [6.45, 7) is 1.03. The average Bonchev–Trinajstić information content (AvgIpc) is 3.13. The van der Waals surface area contributed by atoms with Crippen LogP contribution in [0.4, 0.5) is 0 Å². The van der Waals surface area contributed by atoms with Gasteiger partial charge in [-0.05, 0) is 48.9 Å². The highest BCUT2D eigenvalue weighted by Gasteiger charge is 2.22. The predicted octanol–water partition coefficient (Wildman–Crippen LogP) is 2.84. The molecule has 108 valence electrons. The Kier molecular flexibility index (Phi) is 4.47. The molecular formula is C15H21N3OS. The topological polar surface area (TPSA) is 43.0 Å². The summed E-state index contributed by atoms with van der Waals surface area (Å²) in [4.78, 5) is 4.47. The normalized spacial score (nSPS) is 18.2. The summed E-state index contributed by atoms with van der Waals surface area (Å²) in [6.07, 6.45) is 8.16. The summed E-state index contributed by atoms with van der Waals surface area (Å²) in [5, 5.41) is 3.65. The number of hydrogen-bond donors (Lipinski definition) is 1. The van der Waals surface area contributed by atoms with Crippen LogP contribution in [-0.4, -0.2) is 27.6 Å². The van der Waals surface area contributed by atoms with Gasteiger partial charge in [-0.2, -0.15) is 11.8 Å². The highest BCUT2D eigenvalue weighted by atomic mass is 32.2. The van der Waals surface area contributed by atoms with Crippen molar-refractivity contribution in [1.29, 1.82) is 0 Å². The summed E-state index contributed by atoms with van der Waals surface area (Å²) in [6, 6.07) is 3.99. The number of imidazole rings is 1. The summed E-state index contributed by atoms with van der Waals surface area (Å²) >= 11 is 2.07. The molecular weight excluding hydrogens is 270 g/mol. The monoisotopic (exact) mass is 291 g/mol. The number of nitrogens with zero attached hydrogens (tertiary/aromatic N) is 2. The van der Waals surface area contributed by atoms with E-state index in [1.807, 2.05) is 31.6 Å². The van der Waals surface area contributed by atoms with Gasteiger partial charge >= 0.3 is 0 Å². The van der Waals surface area contributed by atoms with E-state index in [-0.39, 0.29) is 6.04 Å². The lowest BCUT2D eigenvalue weighted by Crippen LogP contribution is -2.31. The average molecular weight is 291 g/mol. The van der Waals surface area contributed by atoms with E-state index >= 15 is 0 Å². The molecule has 1 aliphatic rings. The van der Waals surface area contributed by atoms with Crippen molar-refractivity contribution in [3.8, 4) is 0 Å². The van der Waals surface area contributed by atoms with Gasteiger partial charge in [0.2, 0.25) is 0 Å². The lowest BCUT2D eigenvalue weighted by atomic mass is 10.0. The Hall–Kier alpha value is -1.20. The van der Waals surface area contributed by atoms with E-state index in [9.17, 15) is 0 Å². The van der Waals surface area contributed by atoms with Crippen LogP contribution in [0.1, 0.15) is 30.5 Å². The van der Waals surface area contributed by atoms with Gasteiger partial charge in [0, 0.05) is 19.4 Å². The number of nitrogens with one attached hydrogen (secondary N) is 1. The van der Waals surface area contributed by atoms with Crippen molar-refractivity contribution < 1.29 is 4.42 Å². The lowest BCUT2D eigenvalue weighted by Gasteiger charge is -2.24. The van der Waals surface area contributed by atoms with Crippen LogP contribution in [0.3, 0.4) is 0 Å². The van der Waals surface area contributed by atoms with Gasteiger partial charge in [0.25, 0.3) is 0 Å². The second kappa shape index (κ2) is 6.50. The highest BCUT2D eigenvalue weighted by molar-refractivity contribution is 7.99. The van der Waals surface area contributed by atoms with E-state index < -0.39 is 0 Å². The van der Waals surface area contributed by atoms with Crippen LogP contribution in [-0.2, 0) is 7.05 Å². The minimum atomic E-state index is 0.0413. The first-order valence-corrected chi connectivity index (χ1v) is 8.32. The molecule has 1 saturated heterocycles. The van der Waals surface area contributed by atoms with E-state index in [1.165, 1.54) is 24.3 Å². The Morgan fingerprint density at radius 3 is 3.00 bits per heavy atom. The van der Waals surface area contributed by atoms with Crippen molar-refractivity contribution in [2.75, 3.05) is 18.1 Å². The second-order valence-electron chi connectivity index (χ2n) is 5.31. The van der Waals surface area contributed by atoms with Gasteiger partial charge in [-0.15, -0.1) is 0 Å². The molecule has 5 heteroatoms. The molecule has 1 unspecified atom stereocenters. The van der Waals surface area contributed by atoms with E-state index in [2.05, 4.69) is 26.6 Å². The fourth-order valence-corrected chi connectivity index (χ4v) is 3.87. The van der Waals surface area contributed by atoms with Gasteiger partial charge in [-0.3, -0.25) is 0 Å². The van der Waals surface area contributed by atoms with Gasteiger partial charge in [-0.25, -0.2) is 4.98 Å². The summed E-state index contributed by atoms with van der Waals surface area (Å²) in [5.74, 6) is 5.30. The first-order valence-electron chi connectivity index (χ1n) is 7.16. The van der Waals surface area contributed by atoms with Crippen LogP contribution < -0.4 is 5.32 Å². The third-order valence-corrected chi connectivity index (χ3v) is 4.94. The standard InChI is InChI=1S/C15H21N3OS/c1-18-7-6-16-15(18)14(13-3-2-8-19-13)17-11-12-4-9-20-10-5-12/h2-3,6-8,12,14,17H,4-5,9-11H2,1H3. The zero-order valence-electron chi connectivity index (χ0n) is 11.8. The van der Waals surface area contributed by atoms with Crippen molar-refractivity contribution in [1.82, 2.24) is 14.9 Å². The smallest absolute Gasteiger partial charge is 0.133 e. The largest absolute Gasteiger partial charge is 0.467 e. The van der Waals surface area contributed by atoms with Gasteiger partial charge in [-0.1, -0.05) is 0 Å². The Morgan fingerprint density at radius 2 is 2.35 bits per heavy atom. The maximum absolute atomic E-state index is 5.59. The summed E-state index contributed by atoms with van der Waals surface area (Å²) in [7, 11) is 2.03. The van der Waals surface area contributed by atoms with Crippen LogP contribution in [0.5, 0.6) is 0 Å². The zero-order valence-corrected chi connectivity index (χ0v) is 12.6. The molecule has 0 spiro atoms. The van der Waals surface area contributed by atoms with E-state index in [0.717, 1.165) is 24.0 Å². The quantitative estimate of drug-likeness (QED) is 0.920. The van der Waals surface area contributed by atoms with Crippen LogP contribution in [0.2, 0.25) is 0 Å². The molecule has 0 saturated carbocycles. The Balaban J connectivity index is 1.71. The van der Waals surface area contributed by atoms with Crippen LogP contribution in [0.25, 0.3) is 0 Å². The molecule has 0 aromatic carbocycles. The molecule has 0 aliphatic carbocycles. The number of rotatable bonds is 5. The first kappa shape index (κ1) is 13.8. The summed E-state index contributed by atoms with van der Waals surface area (Å²) < 4.78 is 7.65. The van der Waals surface area contributed by atoms with Crippen molar-refractivity contribution in [3.63, 3.8) is 0 Å². The fraction of sp³-hybridized carbons (Fsp3) is 0.533. The number of hydrogen-bond acceptors (Lipinski definition) is 4. The van der Waals surface area contributed by atoms with E-state index in [4.69, 9.17) is 4.42 Å².